The number of halogens is 2. The Bertz CT molecular complexity index is 356. The Morgan fingerprint density at radius 2 is 2.06 bits per heavy atom. The third-order valence-corrected chi connectivity index (χ3v) is 3.39. The van der Waals surface area contributed by atoms with Crippen molar-refractivity contribution < 1.29 is 9.84 Å². The van der Waals surface area contributed by atoms with Crippen LogP contribution >= 0.6 is 31.9 Å². The molecule has 0 aliphatic rings. The van der Waals surface area contributed by atoms with Gasteiger partial charge in [0.15, 0.2) is 0 Å². The molecular formula is C11H15Br2NO2. The summed E-state index contributed by atoms with van der Waals surface area (Å²) < 4.78 is 7.08. The third-order valence-electron chi connectivity index (χ3n) is 2.12. The number of ether oxygens (including phenoxy) is 1. The molecule has 1 unspecified atom stereocenters. The van der Waals surface area contributed by atoms with E-state index in [1.54, 1.807) is 14.0 Å². The van der Waals surface area contributed by atoms with Crippen LogP contribution in [0.1, 0.15) is 13.3 Å². The van der Waals surface area contributed by atoms with E-state index >= 15 is 0 Å². The van der Waals surface area contributed by atoms with Gasteiger partial charge in [-0.3, -0.25) is 0 Å². The zero-order chi connectivity index (χ0) is 12.1. The Morgan fingerprint density at radius 3 is 2.62 bits per heavy atom. The number of nitrogens with one attached hydrogen (secondary N) is 1. The number of aliphatic hydroxyl groups is 1. The topological polar surface area (TPSA) is 41.5 Å². The highest BCUT2D eigenvalue weighted by molar-refractivity contribution is 9.11. The number of rotatable bonds is 5. The average Bonchev–Trinajstić information content (AvgIpc) is 2.20. The summed E-state index contributed by atoms with van der Waals surface area (Å²) >= 11 is 6.88. The SMILES string of the molecule is COc1cc(NCCC(C)O)c(Br)cc1Br. The molecule has 5 heteroatoms. The minimum Gasteiger partial charge on any atom is -0.495 e. The van der Waals surface area contributed by atoms with Crippen molar-refractivity contribution in [1.82, 2.24) is 0 Å². The number of hydrogen-bond donors (Lipinski definition) is 2. The molecule has 0 heterocycles. The second-order valence-electron chi connectivity index (χ2n) is 3.53. The lowest BCUT2D eigenvalue weighted by molar-refractivity contribution is 0.189. The summed E-state index contributed by atoms with van der Waals surface area (Å²) in [6.45, 7) is 2.50. The van der Waals surface area contributed by atoms with Gasteiger partial charge in [-0.2, -0.15) is 0 Å². The van der Waals surface area contributed by atoms with Crippen molar-refractivity contribution in [1.29, 1.82) is 0 Å². The fourth-order valence-electron chi connectivity index (χ4n) is 1.24. The number of methoxy groups -OCH3 is 1. The first-order chi connectivity index (χ1) is 7.54. The van der Waals surface area contributed by atoms with Gasteiger partial charge < -0.3 is 15.2 Å². The molecule has 1 aromatic carbocycles. The zero-order valence-electron chi connectivity index (χ0n) is 9.26. The number of anilines is 1. The lowest BCUT2D eigenvalue weighted by Crippen LogP contribution is -2.10. The molecule has 0 fully saturated rings. The molecule has 1 aromatic rings. The Hall–Kier alpha value is -0.260. The molecule has 0 radical (unpaired) electrons. The first kappa shape index (κ1) is 13.8. The predicted octanol–water partition coefficient (Wildman–Crippen LogP) is 3.40. The molecule has 16 heavy (non-hydrogen) atoms. The minimum atomic E-state index is -0.288. The highest BCUT2D eigenvalue weighted by Crippen LogP contribution is 2.34. The van der Waals surface area contributed by atoms with Crippen LogP contribution in [-0.2, 0) is 0 Å². The van der Waals surface area contributed by atoms with Crippen LogP contribution in [0.25, 0.3) is 0 Å². The zero-order valence-corrected chi connectivity index (χ0v) is 12.4. The van der Waals surface area contributed by atoms with Gasteiger partial charge in [-0.1, -0.05) is 0 Å². The van der Waals surface area contributed by atoms with E-state index in [1.807, 2.05) is 12.1 Å². The van der Waals surface area contributed by atoms with Gasteiger partial charge in [-0.25, -0.2) is 0 Å². The van der Waals surface area contributed by atoms with Crippen molar-refractivity contribution in [3.63, 3.8) is 0 Å². The van der Waals surface area contributed by atoms with Crippen LogP contribution in [0.4, 0.5) is 5.69 Å². The minimum absolute atomic E-state index is 0.288. The van der Waals surface area contributed by atoms with Gasteiger partial charge >= 0.3 is 0 Å². The summed E-state index contributed by atoms with van der Waals surface area (Å²) in [5.74, 6) is 0.780. The molecule has 1 rings (SSSR count). The van der Waals surface area contributed by atoms with Crippen molar-refractivity contribution in [3.05, 3.63) is 21.1 Å². The maximum absolute atomic E-state index is 9.16. The Morgan fingerprint density at radius 1 is 1.38 bits per heavy atom. The fraction of sp³-hybridized carbons (Fsp3) is 0.455. The third kappa shape index (κ3) is 3.96. The van der Waals surface area contributed by atoms with Crippen LogP contribution in [0.3, 0.4) is 0 Å². The van der Waals surface area contributed by atoms with Gasteiger partial charge in [0.2, 0.25) is 0 Å². The highest BCUT2D eigenvalue weighted by Gasteiger charge is 2.06. The van der Waals surface area contributed by atoms with Crippen molar-refractivity contribution in [2.75, 3.05) is 19.0 Å². The monoisotopic (exact) mass is 351 g/mol. The summed E-state index contributed by atoms with van der Waals surface area (Å²) in [5.41, 5.74) is 0.959. The van der Waals surface area contributed by atoms with Crippen LogP contribution in [0.2, 0.25) is 0 Å². The van der Waals surface area contributed by atoms with E-state index in [2.05, 4.69) is 37.2 Å². The number of benzene rings is 1. The number of hydrogen-bond acceptors (Lipinski definition) is 3. The van der Waals surface area contributed by atoms with Gasteiger partial charge in [-0.15, -0.1) is 0 Å². The van der Waals surface area contributed by atoms with E-state index in [9.17, 15) is 0 Å². The van der Waals surface area contributed by atoms with E-state index in [0.717, 1.165) is 26.9 Å². The van der Waals surface area contributed by atoms with E-state index in [1.165, 1.54) is 0 Å². The Kier molecular flexibility index (Phi) is 5.58. The molecule has 0 aliphatic carbocycles. The van der Waals surface area contributed by atoms with E-state index in [0.29, 0.717) is 6.42 Å². The maximum Gasteiger partial charge on any atom is 0.135 e. The molecule has 0 saturated carbocycles. The first-order valence-corrected chi connectivity index (χ1v) is 6.58. The van der Waals surface area contributed by atoms with Crippen LogP contribution in [0.15, 0.2) is 21.1 Å². The molecule has 0 bridgehead atoms. The largest absolute Gasteiger partial charge is 0.495 e. The van der Waals surface area contributed by atoms with Crippen LogP contribution in [0.5, 0.6) is 5.75 Å². The van der Waals surface area contributed by atoms with Crippen molar-refractivity contribution >= 4 is 37.5 Å². The van der Waals surface area contributed by atoms with Crippen molar-refractivity contribution in [2.45, 2.75) is 19.4 Å². The summed E-state index contributed by atoms with van der Waals surface area (Å²) in [4.78, 5) is 0. The lowest BCUT2D eigenvalue weighted by Gasteiger charge is -2.12. The molecule has 90 valence electrons. The van der Waals surface area contributed by atoms with Gasteiger partial charge in [0.05, 0.1) is 23.4 Å². The standard InChI is InChI=1S/C11H15Br2NO2/c1-7(15)3-4-14-10-6-11(16-2)9(13)5-8(10)12/h5-7,14-15H,3-4H2,1-2H3. The van der Waals surface area contributed by atoms with E-state index < -0.39 is 0 Å². The lowest BCUT2D eigenvalue weighted by atomic mass is 10.2. The molecule has 0 aliphatic heterocycles. The molecule has 0 saturated heterocycles. The molecule has 1 atom stereocenters. The van der Waals surface area contributed by atoms with Crippen molar-refractivity contribution in [2.24, 2.45) is 0 Å². The smallest absolute Gasteiger partial charge is 0.135 e. The summed E-state index contributed by atoms with van der Waals surface area (Å²) in [5, 5.41) is 12.4. The summed E-state index contributed by atoms with van der Waals surface area (Å²) in [6, 6.07) is 3.85. The van der Waals surface area contributed by atoms with E-state index in [4.69, 9.17) is 9.84 Å². The maximum atomic E-state index is 9.16. The molecule has 0 aromatic heterocycles. The van der Waals surface area contributed by atoms with Crippen LogP contribution in [0, 0.1) is 0 Å². The van der Waals surface area contributed by atoms with Crippen LogP contribution < -0.4 is 10.1 Å². The quantitative estimate of drug-likeness (QED) is 0.853. The molecule has 0 spiro atoms. The van der Waals surface area contributed by atoms with Crippen molar-refractivity contribution in [3.8, 4) is 5.75 Å². The van der Waals surface area contributed by atoms with Gasteiger partial charge in [0.1, 0.15) is 5.75 Å². The Labute approximate surface area is 112 Å². The van der Waals surface area contributed by atoms with E-state index in [-0.39, 0.29) is 6.10 Å². The highest BCUT2D eigenvalue weighted by atomic mass is 79.9. The Balaban J connectivity index is 2.72. The molecule has 3 nitrogen and oxygen atoms in total. The number of aliphatic hydroxyl groups excluding tert-OH is 1. The fourth-order valence-corrected chi connectivity index (χ4v) is 2.53. The summed E-state index contributed by atoms with van der Waals surface area (Å²) in [7, 11) is 1.63. The predicted molar refractivity (Wildman–Crippen MR) is 73.2 cm³/mol. The first-order valence-electron chi connectivity index (χ1n) is 4.99. The van der Waals surface area contributed by atoms with Crippen LogP contribution in [-0.4, -0.2) is 24.9 Å². The van der Waals surface area contributed by atoms with Gasteiger partial charge in [-0.05, 0) is 51.3 Å². The second kappa shape index (κ2) is 6.47. The average molecular weight is 353 g/mol. The van der Waals surface area contributed by atoms with Gasteiger partial charge in [0.25, 0.3) is 0 Å². The summed E-state index contributed by atoms with van der Waals surface area (Å²) in [6.07, 6.45) is 0.425. The molecule has 2 N–H and O–H groups in total. The second-order valence-corrected chi connectivity index (χ2v) is 5.24. The van der Waals surface area contributed by atoms with Gasteiger partial charge in [0, 0.05) is 17.1 Å². The molecular weight excluding hydrogens is 338 g/mol. The normalized spacial score (nSPS) is 12.3. The molecule has 0 amide bonds.